The number of ether oxygens (including phenoxy) is 1. The molecule has 0 atom stereocenters. The van der Waals surface area contributed by atoms with Crippen LogP contribution in [0, 0.1) is 0 Å². The van der Waals surface area contributed by atoms with Gasteiger partial charge in [0.2, 0.25) is 0 Å². The second-order valence-electron chi connectivity index (χ2n) is 5.66. The van der Waals surface area contributed by atoms with E-state index in [1.807, 2.05) is 31.1 Å². The highest BCUT2D eigenvalue weighted by atomic mass is 35.5. The number of halogens is 1. The second-order valence-corrected chi connectivity index (χ2v) is 6.09. The minimum atomic E-state index is 0.0613. The van der Waals surface area contributed by atoms with Gasteiger partial charge in [0, 0.05) is 42.9 Å². The zero-order chi connectivity index (χ0) is 15.2. The van der Waals surface area contributed by atoms with Crippen molar-refractivity contribution in [2.24, 2.45) is 0 Å². The van der Waals surface area contributed by atoms with Crippen LogP contribution in [0.1, 0.15) is 23.2 Å². The Bertz CT molecular complexity index is 473. The normalized spacial score (nSPS) is 16.2. The van der Waals surface area contributed by atoms with Crippen molar-refractivity contribution in [1.82, 2.24) is 9.80 Å². The van der Waals surface area contributed by atoms with Crippen LogP contribution in [0.25, 0.3) is 0 Å². The largest absolute Gasteiger partial charge is 0.381 e. The van der Waals surface area contributed by atoms with Crippen molar-refractivity contribution in [2.75, 3.05) is 40.4 Å². The smallest absolute Gasteiger partial charge is 0.254 e. The summed E-state index contributed by atoms with van der Waals surface area (Å²) in [7, 11) is 4.04. The van der Waals surface area contributed by atoms with E-state index in [9.17, 15) is 4.79 Å². The summed E-state index contributed by atoms with van der Waals surface area (Å²) in [5, 5.41) is 0.598. The van der Waals surface area contributed by atoms with Crippen molar-refractivity contribution in [2.45, 2.75) is 18.9 Å². The lowest BCUT2D eigenvalue weighted by Crippen LogP contribution is -2.46. The van der Waals surface area contributed by atoms with Gasteiger partial charge in [0.25, 0.3) is 5.91 Å². The molecule has 0 bridgehead atoms. The quantitative estimate of drug-likeness (QED) is 0.838. The highest BCUT2D eigenvalue weighted by Gasteiger charge is 2.26. The first-order chi connectivity index (χ1) is 10.1. The molecule has 0 radical (unpaired) electrons. The molecule has 0 aromatic heterocycles. The summed E-state index contributed by atoms with van der Waals surface area (Å²) in [6.07, 6.45) is 1.81. The first kappa shape index (κ1) is 16.3. The Morgan fingerprint density at radius 3 is 2.62 bits per heavy atom. The third-order valence-electron chi connectivity index (χ3n) is 3.75. The summed E-state index contributed by atoms with van der Waals surface area (Å²) in [4.78, 5) is 16.9. The van der Waals surface area contributed by atoms with Gasteiger partial charge >= 0.3 is 0 Å². The standard InChI is InChI=1S/C16H23ClN2O2/c1-18(2)8-9-19(15-6-10-21-11-7-15)16(20)13-4-3-5-14(17)12-13/h3-5,12,15H,6-11H2,1-2H3. The van der Waals surface area contributed by atoms with Gasteiger partial charge in [-0.3, -0.25) is 4.79 Å². The molecule has 0 spiro atoms. The van der Waals surface area contributed by atoms with Crippen molar-refractivity contribution >= 4 is 17.5 Å². The summed E-state index contributed by atoms with van der Waals surface area (Å²) < 4.78 is 5.41. The van der Waals surface area contributed by atoms with Gasteiger partial charge in [0.1, 0.15) is 0 Å². The van der Waals surface area contributed by atoms with Crippen LogP contribution in [0.2, 0.25) is 5.02 Å². The SMILES string of the molecule is CN(C)CCN(C(=O)c1cccc(Cl)c1)C1CCOCC1. The van der Waals surface area contributed by atoms with Crippen LogP contribution in [0.3, 0.4) is 0 Å². The predicted octanol–water partition coefficient (Wildman–Crippen LogP) is 2.52. The van der Waals surface area contributed by atoms with Crippen LogP contribution < -0.4 is 0 Å². The number of benzene rings is 1. The Morgan fingerprint density at radius 2 is 2.00 bits per heavy atom. The molecule has 0 unspecified atom stereocenters. The first-order valence-corrected chi connectivity index (χ1v) is 7.74. The fraction of sp³-hybridized carbons (Fsp3) is 0.562. The molecule has 1 aromatic rings. The van der Waals surface area contributed by atoms with Gasteiger partial charge in [-0.05, 0) is 45.1 Å². The number of hydrogen-bond donors (Lipinski definition) is 0. The van der Waals surface area contributed by atoms with Gasteiger partial charge in [0.15, 0.2) is 0 Å². The van der Waals surface area contributed by atoms with Gasteiger partial charge < -0.3 is 14.5 Å². The average molecular weight is 311 g/mol. The molecule has 1 amide bonds. The molecule has 0 saturated carbocycles. The molecule has 1 fully saturated rings. The number of rotatable bonds is 5. The van der Waals surface area contributed by atoms with E-state index >= 15 is 0 Å². The number of nitrogens with zero attached hydrogens (tertiary/aromatic N) is 2. The average Bonchev–Trinajstić information content (AvgIpc) is 2.48. The Hall–Kier alpha value is -1.10. The minimum absolute atomic E-state index is 0.0613. The van der Waals surface area contributed by atoms with Crippen LogP contribution in [0.15, 0.2) is 24.3 Å². The lowest BCUT2D eigenvalue weighted by atomic mass is 10.1. The molecular weight excluding hydrogens is 288 g/mol. The molecule has 0 aliphatic carbocycles. The monoisotopic (exact) mass is 310 g/mol. The molecule has 1 saturated heterocycles. The molecular formula is C16H23ClN2O2. The van der Waals surface area contributed by atoms with E-state index in [-0.39, 0.29) is 11.9 Å². The Kier molecular flexibility index (Phi) is 6.03. The van der Waals surface area contributed by atoms with E-state index in [2.05, 4.69) is 4.90 Å². The first-order valence-electron chi connectivity index (χ1n) is 7.37. The van der Waals surface area contributed by atoms with E-state index in [1.165, 1.54) is 0 Å². The number of hydrogen-bond acceptors (Lipinski definition) is 3. The Balaban J connectivity index is 2.14. The van der Waals surface area contributed by atoms with Gasteiger partial charge in [-0.25, -0.2) is 0 Å². The summed E-state index contributed by atoms with van der Waals surface area (Å²) in [5.74, 6) is 0.0613. The fourth-order valence-corrected chi connectivity index (χ4v) is 2.73. The lowest BCUT2D eigenvalue weighted by Gasteiger charge is -2.35. The van der Waals surface area contributed by atoms with Crippen LogP contribution in [0.5, 0.6) is 0 Å². The predicted molar refractivity (Wildman–Crippen MR) is 84.9 cm³/mol. The number of likely N-dealkylation sites (N-methyl/N-ethyl adjacent to an activating group) is 1. The van der Waals surface area contributed by atoms with Crippen LogP contribution in [-0.4, -0.2) is 62.1 Å². The van der Waals surface area contributed by atoms with Crippen molar-refractivity contribution in [1.29, 1.82) is 0 Å². The van der Waals surface area contributed by atoms with Crippen LogP contribution >= 0.6 is 11.6 Å². The number of carbonyl (C=O) groups is 1. The number of carbonyl (C=O) groups excluding carboxylic acids is 1. The highest BCUT2D eigenvalue weighted by molar-refractivity contribution is 6.30. The van der Waals surface area contributed by atoms with E-state index in [0.29, 0.717) is 10.6 Å². The van der Waals surface area contributed by atoms with Crippen molar-refractivity contribution < 1.29 is 9.53 Å². The van der Waals surface area contributed by atoms with E-state index in [1.54, 1.807) is 12.1 Å². The summed E-state index contributed by atoms with van der Waals surface area (Å²) in [5.41, 5.74) is 0.660. The van der Waals surface area contributed by atoms with E-state index in [0.717, 1.165) is 39.1 Å². The molecule has 4 nitrogen and oxygen atoms in total. The summed E-state index contributed by atoms with van der Waals surface area (Å²) in [6.45, 7) is 3.03. The minimum Gasteiger partial charge on any atom is -0.381 e. The number of amides is 1. The van der Waals surface area contributed by atoms with Gasteiger partial charge in [-0.15, -0.1) is 0 Å². The molecule has 0 N–H and O–H groups in total. The maximum atomic E-state index is 12.8. The molecule has 5 heteroatoms. The van der Waals surface area contributed by atoms with Gasteiger partial charge in [0.05, 0.1) is 0 Å². The fourth-order valence-electron chi connectivity index (χ4n) is 2.54. The van der Waals surface area contributed by atoms with Crippen molar-refractivity contribution in [3.63, 3.8) is 0 Å². The maximum absolute atomic E-state index is 12.8. The van der Waals surface area contributed by atoms with Crippen molar-refractivity contribution in [3.8, 4) is 0 Å². The molecule has 116 valence electrons. The van der Waals surface area contributed by atoms with Crippen molar-refractivity contribution in [3.05, 3.63) is 34.9 Å². The zero-order valence-electron chi connectivity index (χ0n) is 12.7. The zero-order valence-corrected chi connectivity index (χ0v) is 13.5. The molecule has 1 aromatic carbocycles. The Morgan fingerprint density at radius 1 is 1.29 bits per heavy atom. The van der Waals surface area contributed by atoms with E-state index < -0.39 is 0 Å². The van der Waals surface area contributed by atoms with Crippen LogP contribution in [0.4, 0.5) is 0 Å². The van der Waals surface area contributed by atoms with E-state index in [4.69, 9.17) is 16.3 Å². The van der Waals surface area contributed by atoms with Gasteiger partial charge in [-0.2, -0.15) is 0 Å². The Labute approximate surface area is 131 Å². The molecule has 1 heterocycles. The molecule has 1 aliphatic rings. The lowest BCUT2D eigenvalue weighted by molar-refractivity contribution is 0.0276. The van der Waals surface area contributed by atoms with Crippen LogP contribution in [-0.2, 0) is 4.74 Å². The summed E-state index contributed by atoms with van der Waals surface area (Å²) >= 11 is 6.01. The molecule has 2 rings (SSSR count). The third-order valence-corrected chi connectivity index (χ3v) is 3.99. The summed E-state index contributed by atoms with van der Waals surface area (Å²) in [6, 6.07) is 7.44. The second kappa shape index (κ2) is 7.78. The topological polar surface area (TPSA) is 32.8 Å². The molecule has 21 heavy (non-hydrogen) atoms. The third kappa shape index (κ3) is 4.70. The maximum Gasteiger partial charge on any atom is 0.254 e. The molecule has 1 aliphatic heterocycles. The highest BCUT2D eigenvalue weighted by Crippen LogP contribution is 2.19. The van der Waals surface area contributed by atoms with Gasteiger partial charge in [-0.1, -0.05) is 17.7 Å².